The number of nitrogens with one attached hydrogen (secondary N) is 1. The molecular formula is C17H16BN3O. The molecule has 0 aliphatic heterocycles. The van der Waals surface area contributed by atoms with Crippen molar-refractivity contribution in [3.63, 3.8) is 0 Å². The van der Waals surface area contributed by atoms with Crippen LogP contribution in [0.3, 0.4) is 0 Å². The second kappa shape index (κ2) is 5.42. The zero-order valence-electron chi connectivity index (χ0n) is 12.5. The smallest absolute Gasteiger partial charge is 0.227 e. The summed E-state index contributed by atoms with van der Waals surface area (Å²) in [5, 5.41) is 14.1. The standard InChI is InChI=1S/C17H16BN3O/c1-17(2,22)12-4-3-5-14(9-12)20-16-19-10-11-8-13(18)6-7-15(11)21-16/h3-10,22H,1-2H3,(H,19,20,21). The minimum atomic E-state index is -0.889. The van der Waals surface area contributed by atoms with E-state index in [2.05, 4.69) is 15.3 Å². The molecule has 0 spiro atoms. The number of benzene rings is 2. The van der Waals surface area contributed by atoms with Crippen LogP contribution in [-0.4, -0.2) is 22.9 Å². The van der Waals surface area contributed by atoms with Crippen molar-refractivity contribution in [3.05, 3.63) is 54.2 Å². The molecule has 5 heteroatoms. The van der Waals surface area contributed by atoms with Crippen molar-refractivity contribution in [2.45, 2.75) is 19.4 Å². The number of aliphatic hydroxyl groups is 1. The van der Waals surface area contributed by atoms with Gasteiger partial charge in [-0.2, -0.15) is 0 Å². The van der Waals surface area contributed by atoms with Gasteiger partial charge >= 0.3 is 0 Å². The molecule has 0 saturated carbocycles. The fraction of sp³-hybridized carbons (Fsp3) is 0.176. The first-order valence-electron chi connectivity index (χ1n) is 7.04. The van der Waals surface area contributed by atoms with Gasteiger partial charge in [-0.25, -0.2) is 9.97 Å². The predicted octanol–water partition coefficient (Wildman–Crippen LogP) is 2.39. The Morgan fingerprint density at radius 2 is 1.95 bits per heavy atom. The summed E-state index contributed by atoms with van der Waals surface area (Å²) in [6.45, 7) is 3.51. The average molecular weight is 289 g/mol. The number of nitrogens with zero attached hydrogens (tertiary/aromatic N) is 2. The van der Waals surface area contributed by atoms with Crippen LogP contribution in [0.25, 0.3) is 10.9 Å². The maximum absolute atomic E-state index is 10.1. The quantitative estimate of drug-likeness (QED) is 0.727. The van der Waals surface area contributed by atoms with Crippen molar-refractivity contribution in [2.24, 2.45) is 0 Å². The van der Waals surface area contributed by atoms with Gasteiger partial charge in [0.05, 0.1) is 11.1 Å². The van der Waals surface area contributed by atoms with Gasteiger partial charge in [-0.1, -0.05) is 29.7 Å². The maximum Gasteiger partial charge on any atom is 0.227 e. The van der Waals surface area contributed by atoms with E-state index in [-0.39, 0.29) is 0 Å². The number of fused-ring (bicyclic) bond motifs is 1. The number of hydrogen-bond donors (Lipinski definition) is 2. The monoisotopic (exact) mass is 289 g/mol. The lowest BCUT2D eigenvalue weighted by atomic mass is 9.95. The molecule has 2 aromatic carbocycles. The van der Waals surface area contributed by atoms with Gasteiger partial charge in [0.25, 0.3) is 0 Å². The molecule has 1 heterocycles. The van der Waals surface area contributed by atoms with E-state index in [1.165, 1.54) is 0 Å². The van der Waals surface area contributed by atoms with Gasteiger partial charge in [-0.15, -0.1) is 0 Å². The lowest BCUT2D eigenvalue weighted by molar-refractivity contribution is 0.0786. The summed E-state index contributed by atoms with van der Waals surface area (Å²) in [6, 6.07) is 13.1. The highest BCUT2D eigenvalue weighted by atomic mass is 16.3. The van der Waals surface area contributed by atoms with E-state index in [4.69, 9.17) is 7.85 Å². The zero-order chi connectivity index (χ0) is 15.7. The first kappa shape index (κ1) is 14.5. The molecule has 108 valence electrons. The Morgan fingerprint density at radius 3 is 2.73 bits per heavy atom. The second-order valence-electron chi connectivity index (χ2n) is 5.78. The van der Waals surface area contributed by atoms with Crippen molar-refractivity contribution in [1.82, 2.24) is 9.97 Å². The summed E-state index contributed by atoms with van der Waals surface area (Å²) >= 11 is 0. The molecule has 2 radical (unpaired) electrons. The molecule has 2 N–H and O–H groups in total. The predicted molar refractivity (Wildman–Crippen MR) is 89.9 cm³/mol. The van der Waals surface area contributed by atoms with Crippen LogP contribution in [0.5, 0.6) is 0 Å². The Morgan fingerprint density at radius 1 is 1.14 bits per heavy atom. The summed E-state index contributed by atoms with van der Waals surface area (Å²) in [5.41, 5.74) is 2.28. The molecular weight excluding hydrogens is 273 g/mol. The molecule has 0 aliphatic carbocycles. The molecule has 3 aromatic rings. The molecule has 1 aromatic heterocycles. The Hall–Kier alpha value is -2.40. The summed E-state index contributed by atoms with van der Waals surface area (Å²) in [7, 11) is 5.75. The number of anilines is 2. The molecule has 22 heavy (non-hydrogen) atoms. The first-order chi connectivity index (χ1) is 10.4. The highest BCUT2D eigenvalue weighted by Crippen LogP contribution is 2.24. The molecule has 0 bridgehead atoms. The third-order valence-corrected chi connectivity index (χ3v) is 3.43. The van der Waals surface area contributed by atoms with E-state index in [1.807, 2.05) is 42.5 Å². The van der Waals surface area contributed by atoms with E-state index in [0.29, 0.717) is 11.4 Å². The Balaban J connectivity index is 1.91. The molecule has 0 amide bonds. The lowest BCUT2D eigenvalue weighted by Gasteiger charge is -2.18. The van der Waals surface area contributed by atoms with Crippen LogP contribution in [-0.2, 0) is 5.60 Å². The summed E-state index contributed by atoms with van der Waals surface area (Å²) in [6.07, 6.45) is 1.74. The third-order valence-electron chi connectivity index (χ3n) is 3.43. The summed E-state index contributed by atoms with van der Waals surface area (Å²) < 4.78 is 0. The van der Waals surface area contributed by atoms with Crippen LogP contribution >= 0.6 is 0 Å². The Kier molecular flexibility index (Phi) is 3.58. The van der Waals surface area contributed by atoms with E-state index in [1.54, 1.807) is 20.0 Å². The molecule has 4 nitrogen and oxygen atoms in total. The van der Waals surface area contributed by atoms with Crippen LogP contribution in [0.2, 0.25) is 0 Å². The van der Waals surface area contributed by atoms with Gasteiger partial charge < -0.3 is 10.4 Å². The van der Waals surface area contributed by atoms with Crippen molar-refractivity contribution in [3.8, 4) is 0 Å². The average Bonchev–Trinajstić information content (AvgIpc) is 2.47. The fourth-order valence-corrected chi connectivity index (χ4v) is 2.22. The van der Waals surface area contributed by atoms with E-state index < -0.39 is 5.60 Å². The number of rotatable bonds is 3. The lowest BCUT2D eigenvalue weighted by Crippen LogP contribution is -2.15. The van der Waals surface area contributed by atoms with Gasteiger partial charge in [-0.05, 0) is 37.6 Å². The number of hydrogen-bond acceptors (Lipinski definition) is 4. The van der Waals surface area contributed by atoms with Gasteiger partial charge in [0.2, 0.25) is 5.95 Å². The van der Waals surface area contributed by atoms with Crippen molar-refractivity contribution in [2.75, 3.05) is 5.32 Å². The SMILES string of the molecule is [B]c1ccc2nc(Nc3cccc(C(C)(C)O)c3)ncc2c1. The molecule has 0 saturated heterocycles. The zero-order valence-corrected chi connectivity index (χ0v) is 12.5. The van der Waals surface area contributed by atoms with Gasteiger partial charge in [-0.3, -0.25) is 0 Å². The first-order valence-corrected chi connectivity index (χ1v) is 7.04. The summed E-state index contributed by atoms with van der Waals surface area (Å²) in [4.78, 5) is 8.76. The summed E-state index contributed by atoms with van der Waals surface area (Å²) in [5.74, 6) is 0.505. The fourth-order valence-electron chi connectivity index (χ4n) is 2.22. The van der Waals surface area contributed by atoms with E-state index >= 15 is 0 Å². The van der Waals surface area contributed by atoms with Gasteiger partial charge in [0.1, 0.15) is 7.85 Å². The van der Waals surface area contributed by atoms with Gasteiger partial charge in [0.15, 0.2) is 0 Å². The minimum Gasteiger partial charge on any atom is -0.386 e. The molecule has 0 aliphatic rings. The van der Waals surface area contributed by atoms with Crippen LogP contribution in [0.4, 0.5) is 11.6 Å². The van der Waals surface area contributed by atoms with E-state index in [9.17, 15) is 5.11 Å². The van der Waals surface area contributed by atoms with Crippen LogP contribution in [0.1, 0.15) is 19.4 Å². The topological polar surface area (TPSA) is 58.0 Å². The highest BCUT2D eigenvalue weighted by Gasteiger charge is 2.15. The largest absolute Gasteiger partial charge is 0.386 e. The Labute approximate surface area is 130 Å². The van der Waals surface area contributed by atoms with Crippen molar-refractivity contribution < 1.29 is 5.11 Å². The highest BCUT2D eigenvalue weighted by molar-refractivity contribution is 6.33. The third kappa shape index (κ3) is 3.09. The maximum atomic E-state index is 10.1. The normalized spacial score (nSPS) is 11.6. The number of aromatic nitrogens is 2. The Bertz CT molecular complexity index is 827. The van der Waals surface area contributed by atoms with E-state index in [0.717, 1.165) is 22.2 Å². The van der Waals surface area contributed by atoms with Crippen LogP contribution in [0.15, 0.2) is 48.7 Å². The van der Waals surface area contributed by atoms with Gasteiger partial charge in [0, 0.05) is 17.3 Å². The minimum absolute atomic E-state index is 0.505. The molecule has 3 rings (SSSR count). The van der Waals surface area contributed by atoms with Crippen LogP contribution in [0, 0.1) is 0 Å². The second-order valence-corrected chi connectivity index (χ2v) is 5.78. The van der Waals surface area contributed by atoms with Crippen molar-refractivity contribution in [1.29, 1.82) is 0 Å². The van der Waals surface area contributed by atoms with Crippen LogP contribution < -0.4 is 10.8 Å². The molecule has 0 fully saturated rings. The molecule has 0 atom stereocenters. The van der Waals surface area contributed by atoms with Crippen molar-refractivity contribution >= 4 is 35.8 Å². The molecule has 0 unspecified atom stereocenters.